The maximum Gasteiger partial charge on any atom is 0.0581 e. The zero-order chi connectivity index (χ0) is 10.8. The molecule has 0 saturated heterocycles. The van der Waals surface area contributed by atoms with Gasteiger partial charge in [0, 0.05) is 32.7 Å². The first-order chi connectivity index (χ1) is 6.74. The second kappa shape index (κ2) is 9.32. The summed E-state index contributed by atoms with van der Waals surface area (Å²) in [4.78, 5) is 1.83. The van der Waals surface area contributed by atoms with E-state index in [9.17, 15) is 0 Å². The van der Waals surface area contributed by atoms with Crippen LogP contribution < -0.4 is 0 Å². The van der Waals surface area contributed by atoms with E-state index in [1.54, 1.807) is 0 Å². The minimum atomic E-state index is -0.0868. The van der Waals surface area contributed by atoms with Crippen molar-refractivity contribution >= 4 is 0 Å². The summed E-state index contributed by atoms with van der Waals surface area (Å²) < 4.78 is 0. The zero-order valence-corrected chi connectivity index (χ0v) is 8.34. The Balaban J connectivity index is 3.57. The van der Waals surface area contributed by atoms with Gasteiger partial charge in [-0.1, -0.05) is 0 Å². The van der Waals surface area contributed by atoms with Crippen molar-refractivity contribution in [1.82, 2.24) is 9.96 Å². The number of hydrogen-bond donors (Lipinski definition) is 4. The van der Waals surface area contributed by atoms with Gasteiger partial charge in [-0.2, -0.15) is 5.06 Å². The first-order valence-electron chi connectivity index (χ1n) is 4.73. The van der Waals surface area contributed by atoms with Crippen molar-refractivity contribution < 1.29 is 20.5 Å². The van der Waals surface area contributed by atoms with Crippen LogP contribution in [0.1, 0.15) is 0 Å². The molecule has 0 heterocycles. The lowest BCUT2D eigenvalue weighted by atomic mass is 10.4. The summed E-state index contributed by atoms with van der Waals surface area (Å²) in [6, 6.07) is 0. The number of nitrogens with zero attached hydrogens (tertiary/aromatic N) is 2. The molecule has 6 nitrogen and oxygen atoms in total. The van der Waals surface area contributed by atoms with Crippen LogP contribution in [0.2, 0.25) is 0 Å². The molecule has 0 aliphatic carbocycles. The molecule has 0 fully saturated rings. The molecule has 4 N–H and O–H groups in total. The van der Waals surface area contributed by atoms with Gasteiger partial charge in [0.25, 0.3) is 0 Å². The van der Waals surface area contributed by atoms with Crippen molar-refractivity contribution in [3.05, 3.63) is 0 Å². The minimum Gasteiger partial charge on any atom is -0.395 e. The predicted octanol–water partition coefficient (Wildman–Crippen LogP) is -2.04. The first-order valence-corrected chi connectivity index (χ1v) is 4.73. The van der Waals surface area contributed by atoms with Crippen molar-refractivity contribution in [2.75, 3.05) is 52.5 Å². The Labute approximate surface area is 83.9 Å². The molecule has 0 rings (SSSR count). The quantitative estimate of drug-likeness (QED) is 0.326. The summed E-state index contributed by atoms with van der Waals surface area (Å²) >= 11 is 0. The Hall–Kier alpha value is -0.240. The van der Waals surface area contributed by atoms with Crippen LogP contribution in [-0.2, 0) is 0 Å². The monoisotopic (exact) mass is 208 g/mol. The van der Waals surface area contributed by atoms with Crippen LogP contribution >= 0.6 is 0 Å². The Morgan fingerprint density at radius 1 is 0.643 bits per heavy atom. The normalized spacial score (nSPS) is 11.6. The van der Waals surface area contributed by atoms with Gasteiger partial charge in [-0.05, 0) is 0 Å². The fourth-order valence-electron chi connectivity index (χ4n) is 1.10. The van der Waals surface area contributed by atoms with Gasteiger partial charge in [-0.15, -0.1) is 0 Å². The van der Waals surface area contributed by atoms with E-state index in [0.29, 0.717) is 26.2 Å². The molecule has 0 aromatic heterocycles. The van der Waals surface area contributed by atoms with Crippen LogP contribution in [0.4, 0.5) is 0 Å². The molecule has 0 radical (unpaired) electrons. The third-order valence-corrected chi connectivity index (χ3v) is 1.86. The molecule has 14 heavy (non-hydrogen) atoms. The number of aliphatic hydroxyl groups excluding tert-OH is 3. The van der Waals surface area contributed by atoms with Crippen molar-refractivity contribution in [3.8, 4) is 0 Å². The van der Waals surface area contributed by atoms with Crippen molar-refractivity contribution in [1.29, 1.82) is 0 Å². The van der Waals surface area contributed by atoms with Crippen molar-refractivity contribution in [2.45, 2.75) is 0 Å². The molecule has 0 spiro atoms. The molecular weight excluding hydrogens is 188 g/mol. The maximum absolute atomic E-state index is 9.16. The van der Waals surface area contributed by atoms with E-state index in [-0.39, 0.29) is 26.4 Å². The van der Waals surface area contributed by atoms with E-state index in [1.165, 1.54) is 0 Å². The van der Waals surface area contributed by atoms with Gasteiger partial charge in [0.15, 0.2) is 0 Å². The molecule has 0 bridgehead atoms. The summed E-state index contributed by atoms with van der Waals surface area (Å²) in [7, 11) is 0. The SMILES string of the molecule is OCCN(O)CCN(CCO)CCO. The fourth-order valence-corrected chi connectivity index (χ4v) is 1.10. The summed E-state index contributed by atoms with van der Waals surface area (Å²) in [6.45, 7) is 2.10. The molecular formula is C8H20N2O4. The number of aliphatic hydroxyl groups is 3. The molecule has 0 saturated carbocycles. The van der Waals surface area contributed by atoms with E-state index in [0.717, 1.165) is 5.06 Å². The van der Waals surface area contributed by atoms with Crippen LogP contribution in [0.3, 0.4) is 0 Å². The van der Waals surface area contributed by atoms with E-state index in [2.05, 4.69) is 0 Å². The molecule has 0 aliphatic rings. The van der Waals surface area contributed by atoms with Crippen LogP contribution in [0.5, 0.6) is 0 Å². The summed E-state index contributed by atoms with van der Waals surface area (Å²) in [6.07, 6.45) is 0. The Morgan fingerprint density at radius 3 is 1.57 bits per heavy atom. The minimum absolute atomic E-state index is 0.0332. The third kappa shape index (κ3) is 7.19. The van der Waals surface area contributed by atoms with Crippen LogP contribution in [0.25, 0.3) is 0 Å². The topological polar surface area (TPSA) is 87.4 Å². The molecule has 0 aromatic rings. The standard InChI is InChI=1S/C8H20N2O4/c11-6-3-9(4-7-12)1-2-10(14)5-8-13/h11-14H,1-8H2. The third-order valence-electron chi connectivity index (χ3n) is 1.86. The number of hydroxylamine groups is 2. The molecule has 0 amide bonds. The Morgan fingerprint density at radius 2 is 1.14 bits per heavy atom. The zero-order valence-electron chi connectivity index (χ0n) is 8.34. The van der Waals surface area contributed by atoms with Gasteiger partial charge in [0.1, 0.15) is 0 Å². The van der Waals surface area contributed by atoms with Gasteiger partial charge < -0.3 is 20.5 Å². The predicted molar refractivity (Wildman–Crippen MR) is 51.1 cm³/mol. The maximum atomic E-state index is 9.16. The average molecular weight is 208 g/mol. The summed E-state index contributed by atoms with van der Waals surface area (Å²) in [5.41, 5.74) is 0. The second-order valence-corrected chi connectivity index (χ2v) is 2.97. The molecule has 0 aromatic carbocycles. The fraction of sp³-hybridized carbons (Fsp3) is 1.00. The summed E-state index contributed by atoms with van der Waals surface area (Å²) in [5, 5.41) is 36.1. The van der Waals surface area contributed by atoms with Crippen LogP contribution in [0, 0.1) is 0 Å². The van der Waals surface area contributed by atoms with Crippen molar-refractivity contribution in [2.24, 2.45) is 0 Å². The van der Waals surface area contributed by atoms with Gasteiger partial charge in [0.05, 0.1) is 19.8 Å². The van der Waals surface area contributed by atoms with E-state index < -0.39 is 0 Å². The largest absolute Gasteiger partial charge is 0.395 e. The van der Waals surface area contributed by atoms with Crippen LogP contribution in [-0.4, -0.2) is 83.0 Å². The molecule has 0 atom stereocenters. The molecule has 6 heteroatoms. The number of rotatable bonds is 9. The highest BCUT2D eigenvalue weighted by Gasteiger charge is 2.05. The van der Waals surface area contributed by atoms with Gasteiger partial charge in [-0.25, -0.2) is 0 Å². The Kier molecular flexibility index (Phi) is 9.16. The second-order valence-electron chi connectivity index (χ2n) is 2.97. The van der Waals surface area contributed by atoms with Gasteiger partial charge >= 0.3 is 0 Å². The smallest absolute Gasteiger partial charge is 0.0581 e. The van der Waals surface area contributed by atoms with E-state index in [1.807, 2.05) is 4.90 Å². The number of hydrogen-bond acceptors (Lipinski definition) is 6. The molecule has 0 unspecified atom stereocenters. The van der Waals surface area contributed by atoms with Crippen LogP contribution in [0.15, 0.2) is 0 Å². The van der Waals surface area contributed by atoms with Gasteiger partial charge in [-0.3, -0.25) is 4.90 Å². The first kappa shape index (κ1) is 13.8. The molecule has 86 valence electrons. The highest BCUT2D eigenvalue weighted by molar-refractivity contribution is 4.58. The highest BCUT2D eigenvalue weighted by atomic mass is 16.5. The average Bonchev–Trinajstić information content (AvgIpc) is 2.15. The Bertz CT molecular complexity index is 120. The highest BCUT2D eigenvalue weighted by Crippen LogP contribution is 1.89. The lowest BCUT2D eigenvalue weighted by molar-refractivity contribution is -0.103. The van der Waals surface area contributed by atoms with Crippen molar-refractivity contribution in [3.63, 3.8) is 0 Å². The molecule has 0 aliphatic heterocycles. The summed E-state index contributed by atoms with van der Waals surface area (Å²) in [5.74, 6) is 0. The van der Waals surface area contributed by atoms with E-state index >= 15 is 0 Å². The lowest BCUT2D eigenvalue weighted by Crippen LogP contribution is -2.37. The lowest BCUT2D eigenvalue weighted by Gasteiger charge is -2.22. The van der Waals surface area contributed by atoms with Gasteiger partial charge in [0.2, 0.25) is 0 Å². The van der Waals surface area contributed by atoms with E-state index in [4.69, 9.17) is 20.5 Å².